The van der Waals surface area contributed by atoms with Crippen LogP contribution in [-0.4, -0.2) is 40.1 Å². The van der Waals surface area contributed by atoms with E-state index in [0.717, 1.165) is 0 Å². The molecule has 0 spiro atoms. The number of methoxy groups -OCH3 is 1. The fraction of sp³-hybridized carbons (Fsp3) is 0.364. The molecule has 19 heavy (non-hydrogen) atoms. The first kappa shape index (κ1) is 13.6. The maximum absolute atomic E-state index is 10.8. The number of furan rings is 1. The lowest BCUT2D eigenvalue weighted by Crippen LogP contribution is -2.14. The molecule has 8 heteroatoms. The first-order chi connectivity index (χ1) is 9.22. The van der Waals surface area contributed by atoms with Crippen molar-refractivity contribution in [2.75, 3.05) is 19.5 Å². The summed E-state index contributed by atoms with van der Waals surface area (Å²) in [4.78, 5) is 10.8. The van der Waals surface area contributed by atoms with Gasteiger partial charge in [0.1, 0.15) is 0 Å². The molecule has 0 fully saturated rings. The van der Waals surface area contributed by atoms with Crippen molar-refractivity contribution in [2.45, 2.75) is 11.7 Å². The third-order valence-electron chi connectivity index (χ3n) is 2.32. The monoisotopic (exact) mass is 282 g/mol. The third-order valence-corrected chi connectivity index (χ3v) is 3.31. The van der Waals surface area contributed by atoms with Crippen LogP contribution in [0.4, 0.5) is 0 Å². The van der Waals surface area contributed by atoms with Crippen molar-refractivity contribution >= 4 is 17.7 Å². The topological polar surface area (TPSA) is 96.2 Å². The van der Waals surface area contributed by atoms with Gasteiger partial charge in [-0.1, -0.05) is 11.8 Å². The van der Waals surface area contributed by atoms with Crippen molar-refractivity contribution < 1.29 is 13.9 Å². The van der Waals surface area contributed by atoms with E-state index in [1.165, 1.54) is 11.8 Å². The van der Waals surface area contributed by atoms with E-state index in [2.05, 4.69) is 10.2 Å². The molecule has 0 bridgehead atoms. The van der Waals surface area contributed by atoms with Gasteiger partial charge in [-0.3, -0.25) is 9.36 Å². The molecular formula is C11H14N4O3S. The van der Waals surface area contributed by atoms with Crippen LogP contribution >= 0.6 is 11.8 Å². The SMILES string of the molecule is COCCn1c(SCC(N)=O)nnc1-c1ccco1. The number of amides is 1. The van der Waals surface area contributed by atoms with Crippen LogP contribution in [0.5, 0.6) is 0 Å². The first-order valence-electron chi connectivity index (χ1n) is 5.59. The van der Waals surface area contributed by atoms with Crippen molar-refractivity contribution in [1.29, 1.82) is 0 Å². The lowest BCUT2D eigenvalue weighted by molar-refractivity contribution is -0.115. The van der Waals surface area contributed by atoms with Crippen LogP contribution in [0.3, 0.4) is 0 Å². The van der Waals surface area contributed by atoms with E-state index in [-0.39, 0.29) is 5.75 Å². The van der Waals surface area contributed by atoms with Gasteiger partial charge in [0.05, 0.1) is 25.2 Å². The molecule has 2 N–H and O–H groups in total. The van der Waals surface area contributed by atoms with E-state index in [4.69, 9.17) is 14.9 Å². The summed E-state index contributed by atoms with van der Waals surface area (Å²) in [6.45, 7) is 1.08. The van der Waals surface area contributed by atoms with E-state index in [1.54, 1.807) is 25.5 Å². The van der Waals surface area contributed by atoms with Gasteiger partial charge in [0.25, 0.3) is 0 Å². The van der Waals surface area contributed by atoms with Gasteiger partial charge >= 0.3 is 0 Å². The highest BCUT2D eigenvalue weighted by molar-refractivity contribution is 7.99. The van der Waals surface area contributed by atoms with Crippen molar-refractivity contribution in [3.63, 3.8) is 0 Å². The Bertz CT molecular complexity index is 538. The Balaban J connectivity index is 2.25. The number of carbonyl (C=O) groups is 1. The number of hydrogen-bond acceptors (Lipinski definition) is 6. The largest absolute Gasteiger partial charge is 0.461 e. The molecule has 2 aromatic heterocycles. The van der Waals surface area contributed by atoms with E-state index in [9.17, 15) is 4.79 Å². The minimum Gasteiger partial charge on any atom is -0.461 e. The lowest BCUT2D eigenvalue weighted by atomic mass is 10.4. The second kappa shape index (κ2) is 6.39. The zero-order chi connectivity index (χ0) is 13.7. The van der Waals surface area contributed by atoms with Gasteiger partial charge in [-0.25, -0.2) is 0 Å². The predicted octanol–water partition coefficient (Wildman–Crippen LogP) is 0.762. The number of rotatable bonds is 7. The summed E-state index contributed by atoms with van der Waals surface area (Å²) in [5, 5.41) is 8.74. The summed E-state index contributed by atoms with van der Waals surface area (Å²) >= 11 is 1.24. The van der Waals surface area contributed by atoms with Crippen LogP contribution in [0.25, 0.3) is 11.6 Å². The number of thioether (sulfide) groups is 1. The highest BCUT2D eigenvalue weighted by Crippen LogP contribution is 2.23. The van der Waals surface area contributed by atoms with Crippen LogP contribution in [0.15, 0.2) is 28.0 Å². The lowest BCUT2D eigenvalue weighted by Gasteiger charge is -2.07. The molecular weight excluding hydrogens is 268 g/mol. The van der Waals surface area contributed by atoms with Gasteiger partial charge in [0, 0.05) is 7.11 Å². The molecule has 0 atom stereocenters. The predicted molar refractivity (Wildman–Crippen MR) is 69.5 cm³/mol. The zero-order valence-corrected chi connectivity index (χ0v) is 11.2. The number of ether oxygens (including phenoxy) is 1. The van der Waals surface area contributed by atoms with Gasteiger partial charge in [-0.15, -0.1) is 10.2 Å². The van der Waals surface area contributed by atoms with Gasteiger partial charge in [-0.05, 0) is 12.1 Å². The van der Waals surface area contributed by atoms with E-state index in [0.29, 0.717) is 29.9 Å². The molecule has 0 saturated heterocycles. The average Bonchev–Trinajstić information content (AvgIpc) is 3.02. The molecule has 0 radical (unpaired) electrons. The summed E-state index contributed by atoms with van der Waals surface area (Å²) in [7, 11) is 1.62. The average molecular weight is 282 g/mol. The van der Waals surface area contributed by atoms with Crippen molar-refractivity contribution in [3.8, 4) is 11.6 Å². The smallest absolute Gasteiger partial charge is 0.227 e. The number of hydrogen-bond donors (Lipinski definition) is 1. The number of primary amides is 1. The van der Waals surface area contributed by atoms with Crippen molar-refractivity contribution in [1.82, 2.24) is 14.8 Å². The fourth-order valence-corrected chi connectivity index (χ4v) is 2.21. The standard InChI is InChI=1S/C11H14N4O3S/c1-17-6-4-15-10(8-3-2-5-18-8)13-14-11(15)19-7-9(12)16/h2-3,5H,4,6-7H2,1H3,(H2,12,16). The third kappa shape index (κ3) is 3.36. The summed E-state index contributed by atoms with van der Waals surface area (Å²) in [5.74, 6) is 0.984. The van der Waals surface area contributed by atoms with Crippen molar-refractivity contribution in [2.24, 2.45) is 5.73 Å². The Morgan fingerprint density at radius 1 is 1.58 bits per heavy atom. The zero-order valence-electron chi connectivity index (χ0n) is 10.4. The second-order valence-electron chi connectivity index (χ2n) is 3.68. The fourth-order valence-electron chi connectivity index (χ4n) is 1.50. The molecule has 102 valence electrons. The molecule has 7 nitrogen and oxygen atoms in total. The molecule has 0 unspecified atom stereocenters. The molecule has 2 heterocycles. The molecule has 0 aliphatic heterocycles. The van der Waals surface area contributed by atoms with Gasteiger partial charge in [0.15, 0.2) is 10.9 Å². The van der Waals surface area contributed by atoms with E-state index >= 15 is 0 Å². The van der Waals surface area contributed by atoms with Crippen LogP contribution in [-0.2, 0) is 16.1 Å². The Morgan fingerprint density at radius 3 is 3.05 bits per heavy atom. The summed E-state index contributed by atoms with van der Waals surface area (Å²) < 4.78 is 12.2. The quantitative estimate of drug-likeness (QED) is 0.753. The summed E-state index contributed by atoms with van der Waals surface area (Å²) in [6.07, 6.45) is 1.57. The minimum atomic E-state index is -0.397. The summed E-state index contributed by atoms with van der Waals surface area (Å²) in [6, 6.07) is 3.58. The molecule has 0 aliphatic carbocycles. The van der Waals surface area contributed by atoms with Crippen molar-refractivity contribution in [3.05, 3.63) is 18.4 Å². The second-order valence-corrected chi connectivity index (χ2v) is 4.63. The Kier molecular flexibility index (Phi) is 4.58. The molecule has 0 aromatic carbocycles. The molecule has 0 saturated carbocycles. The summed E-state index contributed by atoms with van der Waals surface area (Å²) in [5.41, 5.74) is 5.13. The molecule has 2 rings (SSSR count). The maximum Gasteiger partial charge on any atom is 0.227 e. The maximum atomic E-state index is 10.8. The minimum absolute atomic E-state index is 0.156. The number of aromatic nitrogens is 3. The number of carbonyl (C=O) groups excluding carboxylic acids is 1. The number of nitrogens with zero attached hydrogens (tertiary/aromatic N) is 3. The highest BCUT2D eigenvalue weighted by atomic mass is 32.2. The van der Waals surface area contributed by atoms with E-state index in [1.807, 2.05) is 4.57 Å². The van der Waals surface area contributed by atoms with E-state index < -0.39 is 5.91 Å². The van der Waals surface area contributed by atoms with Crippen LogP contribution in [0.1, 0.15) is 0 Å². The van der Waals surface area contributed by atoms with Gasteiger partial charge in [0.2, 0.25) is 11.7 Å². The van der Waals surface area contributed by atoms with Crippen LogP contribution in [0.2, 0.25) is 0 Å². The molecule has 2 aromatic rings. The van der Waals surface area contributed by atoms with Gasteiger partial charge < -0.3 is 14.9 Å². The van der Waals surface area contributed by atoms with Gasteiger partial charge in [-0.2, -0.15) is 0 Å². The number of nitrogens with two attached hydrogens (primary N) is 1. The molecule has 1 amide bonds. The first-order valence-corrected chi connectivity index (χ1v) is 6.58. The Hall–Kier alpha value is -1.80. The van der Waals surface area contributed by atoms with Crippen LogP contribution in [0, 0.1) is 0 Å². The Labute approximate surface area is 114 Å². The Morgan fingerprint density at radius 2 is 2.42 bits per heavy atom. The normalized spacial score (nSPS) is 10.8. The highest BCUT2D eigenvalue weighted by Gasteiger charge is 2.16. The molecule has 0 aliphatic rings. The van der Waals surface area contributed by atoms with Crippen LogP contribution < -0.4 is 5.73 Å².